The smallest absolute Gasteiger partial charge is 0.250 e. The van der Waals surface area contributed by atoms with E-state index in [0.29, 0.717) is 5.56 Å². The molecule has 1 saturated carbocycles. The lowest BCUT2D eigenvalue weighted by Gasteiger charge is -2.28. The number of aliphatic hydroxyl groups excluding tert-OH is 1. The van der Waals surface area contributed by atoms with Crippen molar-refractivity contribution in [2.45, 2.75) is 37.8 Å². The molecule has 0 radical (unpaired) electrons. The molecule has 5 aromatic rings. The van der Waals surface area contributed by atoms with Crippen LogP contribution < -0.4 is 11.1 Å². The van der Waals surface area contributed by atoms with E-state index in [1.165, 1.54) is 0 Å². The third-order valence-corrected chi connectivity index (χ3v) is 7.24. The number of pyridine rings is 1. The summed E-state index contributed by atoms with van der Waals surface area (Å²) in [7, 11) is 0. The molecule has 2 aromatic heterocycles. The summed E-state index contributed by atoms with van der Waals surface area (Å²) in [5.74, 6) is -0.455. The Morgan fingerprint density at radius 3 is 2.64 bits per heavy atom. The van der Waals surface area contributed by atoms with Gasteiger partial charge in [0.2, 0.25) is 0 Å². The van der Waals surface area contributed by atoms with Crippen molar-refractivity contribution >= 4 is 33.4 Å². The van der Waals surface area contributed by atoms with Crippen LogP contribution in [0.3, 0.4) is 0 Å². The highest BCUT2D eigenvalue weighted by molar-refractivity contribution is 6.00. The van der Waals surface area contributed by atoms with E-state index in [4.69, 9.17) is 5.73 Å². The van der Waals surface area contributed by atoms with Gasteiger partial charge in [-0.1, -0.05) is 30.3 Å². The van der Waals surface area contributed by atoms with Gasteiger partial charge in [0.25, 0.3) is 5.91 Å². The molecule has 6 rings (SSSR count). The number of carbonyl (C=O) groups excluding carboxylic acids is 1. The summed E-state index contributed by atoms with van der Waals surface area (Å²) in [4.78, 5) is 16.8. The lowest BCUT2D eigenvalue weighted by Crippen LogP contribution is -2.29. The summed E-state index contributed by atoms with van der Waals surface area (Å²) in [6.45, 7) is 0. The first-order valence-electron chi connectivity index (χ1n) is 12.4. The van der Waals surface area contributed by atoms with Crippen LogP contribution in [0.25, 0.3) is 38.6 Å². The van der Waals surface area contributed by atoms with Crippen molar-refractivity contribution in [2.24, 2.45) is 5.73 Å². The van der Waals surface area contributed by atoms with Crippen LogP contribution in [-0.4, -0.2) is 32.7 Å². The molecule has 1 aliphatic rings. The molecule has 2 heterocycles. The van der Waals surface area contributed by atoms with Crippen molar-refractivity contribution in [3.05, 3.63) is 90.8 Å². The van der Waals surface area contributed by atoms with Crippen molar-refractivity contribution in [1.29, 1.82) is 0 Å². The average Bonchev–Trinajstić information content (AvgIpc) is 3.34. The predicted molar refractivity (Wildman–Crippen MR) is 144 cm³/mol. The Kier molecular flexibility index (Phi) is 5.66. The molecule has 6 nitrogen and oxygen atoms in total. The molecular formula is C30H28N4O2. The second-order valence-electron chi connectivity index (χ2n) is 9.58. The van der Waals surface area contributed by atoms with Crippen LogP contribution in [0.2, 0.25) is 0 Å². The zero-order chi connectivity index (χ0) is 24.6. The van der Waals surface area contributed by atoms with Crippen molar-refractivity contribution in [3.63, 3.8) is 0 Å². The molecule has 0 bridgehead atoms. The molecular weight excluding hydrogens is 448 g/mol. The van der Waals surface area contributed by atoms with Crippen molar-refractivity contribution in [2.75, 3.05) is 5.32 Å². The van der Waals surface area contributed by atoms with Gasteiger partial charge in [0.05, 0.1) is 22.7 Å². The van der Waals surface area contributed by atoms with Crippen LogP contribution in [0.1, 0.15) is 36.0 Å². The van der Waals surface area contributed by atoms with Crippen LogP contribution in [0.5, 0.6) is 0 Å². The molecule has 4 N–H and O–H groups in total. The fourth-order valence-corrected chi connectivity index (χ4v) is 5.32. The number of nitrogens with zero attached hydrogens (tertiary/aromatic N) is 2. The topological polar surface area (TPSA) is 93.2 Å². The molecule has 0 aliphatic heterocycles. The van der Waals surface area contributed by atoms with Gasteiger partial charge in [0.15, 0.2) is 0 Å². The number of nitrogens with two attached hydrogens (primary N) is 1. The number of hydrogen-bond acceptors (Lipinski definition) is 4. The molecule has 0 atom stereocenters. The number of amides is 1. The van der Waals surface area contributed by atoms with Gasteiger partial charge in [0.1, 0.15) is 0 Å². The van der Waals surface area contributed by atoms with Crippen LogP contribution in [0, 0.1) is 0 Å². The second-order valence-corrected chi connectivity index (χ2v) is 9.58. The molecule has 36 heavy (non-hydrogen) atoms. The van der Waals surface area contributed by atoms with Crippen molar-refractivity contribution in [1.82, 2.24) is 9.55 Å². The van der Waals surface area contributed by atoms with E-state index in [-0.39, 0.29) is 12.1 Å². The number of hydrogen-bond donors (Lipinski definition) is 3. The zero-order valence-corrected chi connectivity index (χ0v) is 19.9. The summed E-state index contributed by atoms with van der Waals surface area (Å²) in [5, 5.41) is 15.6. The van der Waals surface area contributed by atoms with E-state index in [0.717, 1.165) is 70.0 Å². The van der Waals surface area contributed by atoms with Gasteiger partial charge in [-0.2, -0.15) is 0 Å². The largest absolute Gasteiger partial charge is 0.393 e. The van der Waals surface area contributed by atoms with Gasteiger partial charge in [-0.15, -0.1) is 0 Å². The first kappa shape index (κ1) is 22.3. The average molecular weight is 477 g/mol. The number of para-hydroxylation sites is 1. The third kappa shape index (κ3) is 4.10. The van der Waals surface area contributed by atoms with Crippen LogP contribution in [-0.2, 0) is 0 Å². The summed E-state index contributed by atoms with van der Waals surface area (Å²) in [5.41, 5.74) is 12.1. The van der Waals surface area contributed by atoms with Crippen molar-refractivity contribution < 1.29 is 9.90 Å². The number of aliphatic hydroxyl groups is 1. The summed E-state index contributed by atoms with van der Waals surface area (Å²) < 4.78 is 2.13. The number of carbonyl (C=O) groups is 1. The highest BCUT2D eigenvalue weighted by atomic mass is 16.3. The highest BCUT2D eigenvalue weighted by Crippen LogP contribution is 2.33. The Morgan fingerprint density at radius 2 is 1.81 bits per heavy atom. The molecule has 0 unspecified atom stereocenters. The number of primary amides is 1. The molecule has 1 amide bonds. The minimum Gasteiger partial charge on any atom is -0.393 e. The molecule has 1 aliphatic carbocycles. The monoisotopic (exact) mass is 476 g/mol. The Morgan fingerprint density at radius 1 is 0.972 bits per heavy atom. The van der Waals surface area contributed by atoms with Crippen LogP contribution in [0.4, 0.5) is 5.69 Å². The summed E-state index contributed by atoms with van der Waals surface area (Å²) in [6.07, 6.45) is 7.00. The van der Waals surface area contributed by atoms with E-state index in [1.807, 2.05) is 36.5 Å². The van der Waals surface area contributed by atoms with Gasteiger partial charge < -0.3 is 20.7 Å². The fourth-order valence-electron chi connectivity index (χ4n) is 5.32. The Bertz CT molecular complexity index is 1580. The molecule has 6 heteroatoms. The van der Waals surface area contributed by atoms with Gasteiger partial charge in [0, 0.05) is 46.1 Å². The molecule has 0 spiro atoms. The van der Waals surface area contributed by atoms with E-state index >= 15 is 0 Å². The predicted octanol–water partition coefficient (Wildman–Crippen LogP) is 5.66. The maximum atomic E-state index is 12.1. The van der Waals surface area contributed by atoms with E-state index in [1.54, 1.807) is 6.07 Å². The summed E-state index contributed by atoms with van der Waals surface area (Å²) in [6, 6.07) is 24.6. The first-order valence-corrected chi connectivity index (χ1v) is 12.4. The summed E-state index contributed by atoms with van der Waals surface area (Å²) >= 11 is 0. The lowest BCUT2D eigenvalue weighted by atomic mass is 9.92. The number of nitrogens with one attached hydrogen (secondary N) is 1. The minimum atomic E-state index is -0.455. The zero-order valence-electron chi connectivity index (χ0n) is 19.9. The Hall–Kier alpha value is -4.16. The standard InChI is InChI=1S/C30H28N4O2/c31-30(36)26-13-10-22(17-28(26)33-21-8-11-23(35)12-9-21)34-15-14-25-24(5-3-7-29(25)34)20-16-19-4-1-2-6-27(19)32-18-20/h1-7,10,13-18,21,23,33,35H,8-9,11-12H2,(H2,31,36)/t21-,23-. The number of aromatic nitrogens is 2. The molecule has 3 aromatic carbocycles. The van der Waals surface area contributed by atoms with E-state index in [2.05, 4.69) is 57.5 Å². The molecule has 1 fully saturated rings. The molecule has 0 saturated heterocycles. The van der Waals surface area contributed by atoms with E-state index in [9.17, 15) is 9.90 Å². The minimum absolute atomic E-state index is 0.204. The Balaban J connectivity index is 1.40. The number of anilines is 1. The number of fused-ring (bicyclic) bond motifs is 2. The third-order valence-electron chi connectivity index (χ3n) is 7.24. The normalized spacial score (nSPS) is 17.9. The van der Waals surface area contributed by atoms with Gasteiger partial charge in [-0.3, -0.25) is 9.78 Å². The van der Waals surface area contributed by atoms with Crippen LogP contribution >= 0.6 is 0 Å². The lowest BCUT2D eigenvalue weighted by molar-refractivity contribution is 0.100. The number of rotatable bonds is 5. The highest BCUT2D eigenvalue weighted by Gasteiger charge is 2.21. The van der Waals surface area contributed by atoms with Crippen LogP contribution in [0.15, 0.2) is 85.2 Å². The van der Waals surface area contributed by atoms with E-state index < -0.39 is 5.91 Å². The SMILES string of the molecule is NC(=O)c1ccc(-n2ccc3c(-c4cnc5ccccc5c4)cccc32)cc1N[C@H]1CC[C@H](O)CC1. The second kappa shape index (κ2) is 9.13. The van der Waals surface area contributed by atoms with Gasteiger partial charge in [-0.05, 0) is 73.7 Å². The molecule has 180 valence electrons. The maximum absolute atomic E-state index is 12.1. The quantitative estimate of drug-likeness (QED) is 0.305. The van der Waals surface area contributed by atoms with Gasteiger partial charge in [-0.25, -0.2) is 0 Å². The number of benzene rings is 3. The first-order chi connectivity index (χ1) is 17.6. The van der Waals surface area contributed by atoms with Gasteiger partial charge >= 0.3 is 0 Å². The maximum Gasteiger partial charge on any atom is 0.250 e. The van der Waals surface area contributed by atoms with Crippen molar-refractivity contribution in [3.8, 4) is 16.8 Å². The fraction of sp³-hybridized carbons (Fsp3) is 0.200. The Labute approximate surface area is 209 Å².